The highest BCUT2D eigenvalue weighted by molar-refractivity contribution is 5.51. The van der Waals surface area contributed by atoms with Crippen LogP contribution in [-0.2, 0) is 6.42 Å². The molecule has 0 aliphatic carbocycles. The molecule has 27 heavy (non-hydrogen) atoms. The monoisotopic (exact) mass is 358 g/mol. The molecule has 0 aliphatic rings. The summed E-state index contributed by atoms with van der Waals surface area (Å²) in [5.74, 6) is 0. The number of rotatable bonds is 10. The van der Waals surface area contributed by atoms with E-state index >= 15 is 0 Å². The van der Waals surface area contributed by atoms with Crippen LogP contribution in [0.3, 0.4) is 0 Å². The van der Waals surface area contributed by atoms with E-state index in [9.17, 15) is 0 Å². The van der Waals surface area contributed by atoms with Gasteiger partial charge in [0.05, 0.1) is 0 Å². The number of anilines is 2. The maximum absolute atomic E-state index is 4.04. The van der Waals surface area contributed by atoms with Gasteiger partial charge in [-0.15, -0.1) is 0 Å². The fourth-order valence-corrected chi connectivity index (χ4v) is 2.87. The number of allylic oxidation sites excluding steroid dienone is 2. The van der Waals surface area contributed by atoms with E-state index in [4.69, 9.17) is 0 Å². The first-order chi connectivity index (χ1) is 12.8. The van der Waals surface area contributed by atoms with Crippen LogP contribution in [-0.4, -0.2) is 0 Å². The van der Waals surface area contributed by atoms with E-state index in [1.165, 1.54) is 11.1 Å². The fraction of sp³-hybridized carbons (Fsp3) is 0.200. The van der Waals surface area contributed by atoms with E-state index in [2.05, 4.69) is 85.5 Å². The van der Waals surface area contributed by atoms with Crippen molar-refractivity contribution in [3.8, 4) is 0 Å². The Labute approximate surface area is 164 Å². The van der Waals surface area contributed by atoms with Crippen molar-refractivity contribution in [1.82, 2.24) is 0 Å². The second-order valence-corrected chi connectivity index (χ2v) is 7.30. The molecule has 0 heterocycles. The zero-order chi connectivity index (χ0) is 19.8. The van der Waals surface area contributed by atoms with Crippen molar-refractivity contribution < 1.29 is 0 Å². The molecule has 0 saturated heterocycles. The Hall–Kier alpha value is -3.00. The molecule has 0 saturated carbocycles. The van der Waals surface area contributed by atoms with Crippen LogP contribution in [0.4, 0.5) is 11.4 Å². The van der Waals surface area contributed by atoms with Crippen molar-refractivity contribution in [2.45, 2.75) is 33.1 Å². The SMILES string of the molecule is C=C(C)CC(=C)Nc1ccc(Cc2ccc(NC(=C)CC(=C)C)cc2)cc1. The molecule has 0 fully saturated rings. The lowest BCUT2D eigenvalue weighted by Gasteiger charge is -2.11. The van der Waals surface area contributed by atoms with Crippen molar-refractivity contribution >= 4 is 11.4 Å². The molecule has 140 valence electrons. The topological polar surface area (TPSA) is 24.1 Å². The van der Waals surface area contributed by atoms with Gasteiger partial charge in [-0.05, 0) is 55.7 Å². The summed E-state index contributed by atoms with van der Waals surface area (Å²) in [5.41, 5.74) is 8.80. The minimum absolute atomic E-state index is 0.793. The zero-order valence-corrected chi connectivity index (χ0v) is 16.6. The largest absolute Gasteiger partial charge is 0.359 e. The molecule has 2 N–H and O–H groups in total. The molecular weight excluding hydrogens is 328 g/mol. The van der Waals surface area contributed by atoms with Crippen LogP contribution < -0.4 is 10.6 Å². The van der Waals surface area contributed by atoms with E-state index in [-0.39, 0.29) is 0 Å². The van der Waals surface area contributed by atoms with E-state index < -0.39 is 0 Å². The third-order valence-electron chi connectivity index (χ3n) is 3.99. The van der Waals surface area contributed by atoms with Gasteiger partial charge in [0.15, 0.2) is 0 Å². The second-order valence-electron chi connectivity index (χ2n) is 7.30. The Balaban J connectivity index is 1.91. The van der Waals surface area contributed by atoms with Crippen molar-refractivity contribution in [1.29, 1.82) is 0 Å². The summed E-state index contributed by atoms with van der Waals surface area (Å²) in [6.45, 7) is 19.9. The van der Waals surface area contributed by atoms with E-state index in [0.717, 1.165) is 53.2 Å². The maximum atomic E-state index is 4.04. The first-order valence-electron chi connectivity index (χ1n) is 9.18. The summed E-state index contributed by atoms with van der Waals surface area (Å²) < 4.78 is 0. The summed E-state index contributed by atoms with van der Waals surface area (Å²) in [4.78, 5) is 0. The molecular formula is C25H30N2. The van der Waals surface area contributed by atoms with Crippen molar-refractivity contribution in [3.63, 3.8) is 0 Å². The van der Waals surface area contributed by atoms with Crippen LogP contribution >= 0.6 is 0 Å². The highest BCUT2D eigenvalue weighted by atomic mass is 14.9. The normalized spacial score (nSPS) is 10.1. The van der Waals surface area contributed by atoms with Crippen LogP contribution in [0.1, 0.15) is 37.8 Å². The minimum atomic E-state index is 0.793. The van der Waals surface area contributed by atoms with Crippen LogP contribution in [0.25, 0.3) is 0 Å². The van der Waals surface area contributed by atoms with Gasteiger partial charge in [-0.3, -0.25) is 0 Å². The van der Waals surface area contributed by atoms with Gasteiger partial charge in [-0.25, -0.2) is 0 Å². The molecule has 0 unspecified atom stereocenters. The van der Waals surface area contributed by atoms with Gasteiger partial charge >= 0.3 is 0 Å². The molecule has 0 aliphatic heterocycles. The number of hydrogen-bond acceptors (Lipinski definition) is 2. The molecule has 0 aromatic heterocycles. The molecule has 2 aromatic rings. The minimum Gasteiger partial charge on any atom is -0.359 e. The predicted molar refractivity (Wildman–Crippen MR) is 120 cm³/mol. The number of hydrogen-bond donors (Lipinski definition) is 2. The van der Waals surface area contributed by atoms with Crippen LogP contribution in [0, 0.1) is 0 Å². The lowest BCUT2D eigenvalue weighted by molar-refractivity contribution is 1.13. The van der Waals surface area contributed by atoms with E-state index in [0.29, 0.717) is 0 Å². The summed E-state index contributed by atoms with van der Waals surface area (Å²) in [6.07, 6.45) is 2.49. The van der Waals surface area contributed by atoms with Gasteiger partial charge in [0.2, 0.25) is 0 Å². The Bertz CT molecular complexity index is 752. The molecule has 2 aromatic carbocycles. The quantitative estimate of drug-likeness (QED) is 0.444. The van der Waals surface area contributed by atoms with Crippen LogP contribution in [0.15, 0.2) is 97.4 Å². The Morgan fingerprint density at radius 3 is 1.26 bits per heavy atom. The molecule has 2 nitrogen and oxygen atoms in total. The third-order valence-corrected chi connectivity index (χ3v) is 3.99. The van der Waals surface area contributed by atoms with Crippen LogP contribution in [0.2, 0.25) is 0 Å². The van der Waals surface area contributed by atoms with Crippen LogP contribution in [0.5, 0.6) is 0 Å². The van der Waals surface area contributed by atoms with Gasteiger partial charge in [-0.2, -0.15) is 0 Å². The van der Waals surface area contributed by atoms with E-state index in [1.807, 2.05) is 13.8 Å². The molecule has 2 rings (SSSR count). The number of benzene rings is 2. The Morgan fingerprint density at radius 2 is 0.963 bits per heavy atom. The first-order valence-corrected chi connectivity index (χ1v) is 9.18. The average Bonchev–Trinajstić information content (AvgIpc) is 2.57. The van der Waals surface area contributed by atoms with Crippen molar-refractivity contribution in [2.75, 3.05) is 10.6 Å². The Morgan fingerprint density at radius 1 is 0.630 bits per heavy atom. The smallest absolute Gasteiger partial charge is 0.0381 e. The standard InChI is InChI=1S/C25H30N2/c1-18(2)15-20(5)26-24-11-7-22(8-12-24)17-23-9-13-25(14-10-23)27-21(6)16-19(3)4/h7-14,26-27H,1,3,5-6,15-17H2,2,4H3. The molecule has 2 heteroatoms. The molecule has 0 radical (unpaired) electrons. The van der Waals surface area contributed by atoms with Gasteiger partial charge in [0.1, 0.15) is 0 Å². The summed E-state index contributed by atoms with van der Waals surface area (Å²) in [6, 6.07) is 17.0. The summed E-state index contributed by atoms with van der Waals surface area (Å²) >= 11 is 0. The Kier molecular flexibility index (Phi) is 7.25. The lowest BCUT2D eigenvalue weighted by atomic mass is 10.0. The van der Waals surface area contributed by atoms with Gasteiger partial charge < -0.3 is 10.6 Å². The molecule has 0 bridgehead atoms. The summed E-state index contributed by atoms with van der Waals surface area (Å²) in [5, 5.41) is 6.65. The second kappa shape index (κ2) is 9.63. The van der Waals surface area contributed by atoms with Gasteiger partial charge in [0.25, 0.3) is 0 Å². The van der Waals surface area contributed by atoms with Crippen molar-refractivity contribution in [2.24, 2.45) is 0 Å². The van der Waals surface area contributed by atoms with Gasteiger partial charge in [0, 0.05) is 35.6 Å². The molecule has 0 amide bonds. The fourth-order valence-electron chi connectivity index (χ4n) is 2.87. The highest BCUT2D eigenvalue weighted by Crippen LogP contribution is 2.19. The molecule has 0 atom stereocenters. The van der Waals surface area contributed by atoms with E-state index in [1.54, 1.807) is 0 Å². The number of nitrogens with one attached hydrogen (secondary N) is 2. The maximum Gasteiger partial charge on any atom is 0.0381 e. The summed E-state index contributed by atoms with van der Waals surface area (Å²) in [7, 11) is 0. The van der Waals surface area contributed by atoms with Crippen molar-refractivity contribution in [3.05, 3.63) is 109 Å². The first kappa shape index (κ1) is 20.3. The average molecular weight is 359 g/mol. The predicted octanol–water partition coefficient (Wildman–Crippen LogP) is 7.06. The van der Waals surface area contributed by atoms with Gasteiger partial charge in [-0.1, -0.05) is 61.7 Å². The third kappa shape index (κ3) is 7.41. The highest BCUT2D eigenvalue weighted by Gasteiger charge is 2.01. The zero-order valence-electron chi connectivity index (χ0n) is 16.6. The molecule has 0 spiro atoms. The lowest BCUT2D eigenvalue weighted by Crippen LogP contribution is -1.99.